The van der Waals surface area contributed by atoms with Crippen LogP contribution in [0.3, 0.4) is 0 Å². The summed E-state index contributed by atoms with van der Waals surface area (Å²) in [5, 5.41) is 10.6. The molecule has 0 spiro atoms. The van der Waals surface area contributed by atoms with Gasteiger partial charge in [-0.2, -0.15) is 0 Å². The topological polar surface area (TPSA) is 50.2 Å². The number of hydrogen-bond acceptors (Lipinski definition) is 2. The molecule has 0 radical (unpaired) electrons. The third kappa shape index (κ3) is 2.48. The van der Waals surface area contributed by atoms with Crippen LogP contribution in [0.2, 0.25) is 5.02 Å². The number of carbonyl (C=O) groups is 1. The first-order chi connectivity index (χ1) is 10.1. The second-order valence-electron chi connectivity index (χ2n) is 4.86. The number of hydrogen-bond donors (Lipinski definition) is 1. The molecule has 104 valence electrons. The van der Waals surface area contributed by atoms with Gasteiger partial charge in [-0.05, 0) is 42.3 Å². The fourth-order valence-electron chi connectivity index (χ4n) is 2.35. The van der Waals surface area contributed by atoms with Crippen molar-refractivity contribution in [2.45, 2.75) is 6.92 Å². The molecule has 0 amide bonds. The van der Waals surface area contributed by atoms with E-state index in [2.05, 4.69) is 4.98 Å². The second kappa shape index (κ2) is 5.19. The van der Waals surface area contributed by atoms with Crippen LogP contribution in [0.25, 0.3) is 22.0 Å². The fourth-order valence-corrected chi connectivity index (χ4v) is 2.47. The third-order valence-corrected chi connectivity index (χ3v) is 3.71. The number of aromatic carboxylic acids is 1. The molecule has 0 aliphatic rings. The summed E-state index contributed by atoms with van der Waals surface area (Å²) in [6.45, 7) is 1.92. The molecular weight excluding hydrogens is 286 g/mol. The van der Waals surface area contributed by atoms with Crippen LogP contribution in [0.4, 0.5) is 0 Å². The number of fused-ring (bicyclic) bond motifs is 1. The number of carboxylic acid groups (broad SMARTS) is 1. The molecule has 2 aromatic carbocycles. The lowest BCUT2D eigenvalue weighted by atomic mass is 10.0. The van der Waals surface area contributed by atoms with E-state index in [0.717, 1.165) is 16.7 Å². The van der Waals surface area contributed by atoms with E-state index in [9.17, 15) is 9.90 Å². The molecule has 3 rings (SSSR count). The first-order valence-corrected chi connectivity index (χ1v) is 6.82. The van der Waals surface area contributed by atoms with Crippen LogP contribution in [0.15, 0.2) is 48.7 Å². The van der Waals surface area contributed by atoms with Gasteiger partial charge in [0, 0.05) is 22.2 Å². The highest BCUT2D eigenvalue weighted by atomic mass is 35.5. The van der Waals surface area contributed by atoms with E-state index in [1.165, 1.54) is 0 Å². The summed E-state index contributed by atoms with van der Waals surface area (Å²) >= 11 is 5.89. The number of aromatic nitrogens is 1. The minimum absolute atomic E-state index is 0.263. The van der Waals surface area contributed by atoms with Crippen LogP contribution in [-0.2, 0) is 0 Å². The molecule has 3 nitrogen and oxygen atoms in total. The van der Waals surface area contributed by atoms with Crippen LogP contribution >= 0.6 is 11.6 Å². The van der Waals surface area contributed by atoms with Crippen molar-refractivity contribution in [3.05, 3.63) is 64.8 Å². The Balaban J connectivity index is 2.25. The average molecular weight is 298 g/mol. The van der Waals surface area contributed by atoms with Gasteiger partial charge in [0.05, 0.1) is 11.1 Å². The monoisotopic (exact) mass is 297 g/mol. The standard InChI is InChI=1S/C17H12ClNO2/c1-10-2-7-14(17(20)21)15-8-12(9-19-16(10)15)11-3-5-13(18)6-4-11/h2-9H,1H3,(H,20,21). The maximum atomic E-state index is 11.4. The van der Waals surface area contributed by atoms with Gasteiger partial charge >= 0.3 is 5.97 Å². The van der Waals surface area contributed by atoms with Gasteiger partial charge in [-0.3, -0.25) is 4.98 Å². The molecule has 0 atom stereocenters. The quantitative estimate of drug-likeness (QED) is 0.754. The highest BCUT2D eigenvalue weighted by Crippen LogP contribution is 2.27. The van der Waals surface area contributed by atoms with Crippen molar-refractivity contribution >= 4 is 28.5 Å². The first kappa shape index (κ1) is 13.6. The summed E-state index contributed by atoms with van der Waals surface area (Å²) in [7, 11) is 0. The summed E-state index contributed by atoms with van der Waals surface area (Å²) < 4.78 is 0. The largest absolute Gasteiger partial charge is 0.478 e. The molecule has 0 bridgehead atoms. The SMILES string of the molecule is Cc1ccc(C(=O)O)c2cc(-c3ccc(Cl)cc3)cnc12. The number of benzene rings is 2. The highest BCUT2D eigenvalue weighted by Gasteiger charge is 2.12. The predicted octanol–water partition coefficient (Wildman–Crippen LogP) is 4.56. The second-order valence-corrected chi connectivity index (χ2v) is 5.30. The number of carboxylic acids is 1. The van der Waals surface area contributed by atoms with Gasteiger partial charge in [-0.25, -0.2) is 4.79 Å². The van der Waals surface area contributed by atoms with Crippen molar-refractivity contribution in [2.75, 3.05) is 0 Å². The van der Waals surface area contributed by atoms with Crippen LogP contribution in [0.5, 0.6) is 0 Å². The van der Waals surface area contributed by atoms with Crippen molar-refractivity contribution in [3.63, 3.8) is 0 Å². The first-order valence-electron chi connectivity index (χ1n) is 6.45. The van der Waals surface area contributed by atoms with Gasteiger partial charge in [-0.1, -0.05) is 29.8 Å². The van der Waals surface area contributed by atoms with Crippen molar-refractivity contribution in [2.24, 2.45) is 0 Å². The van der Waals surface area contributed by atoms with Gasteiger partial charge in [0.15, 0.2) is 0 Å². The lowest BCUT2D eigenvalue weighted by molar-refractivity contribution is 0.0699. The number of nitrogens with zero attached hydrogens (tertiary/aromatic N) is 1. The van der Waals surface area contributed by atoms with Gasteiger partial charge in [0.2, 0.25) is 0 Å². The zero-order valence-electron chi connectivity index (χ0n) is 11.3. The van der Waals surface area contributed by atoms with E-state index in [1.807, 2.05) is 25.1 Å². The van der Waals surface area contributed by atoms with Crippen LogP contribution in [0, 0.1) is 6.92 Å². The summed E-state index contributed by atoms with van der Waals surface area (Å²) in [4.78, 5) is 15.8. The van der Waals surface area contributed by atoms with Crippen molar-refractivity contribution < 1.29 is 9.90 Å². The molecule has 4 heteroatoms. The van der Waals surface area contributed by atoms with E-state index in [1.54, 1.807) is 30.5 Å². The Morgan fingerprint density at radius 1 is 1.10 bits per heavy atom. The normalized spacial score (nSPS) is 10.8. The Hall–Kier alpha value is -2.39. The summed E-state index contributed by atoms with van der Waals surface area (Å²) in [6.07, 6.45) is 1.75. The van der Waals surface area contributed by atoms with Crippen molar-refractivity contribution in [3.8, 4) is 11.1 Å². The van der Waals surface area contributed by atoms with Gasteiger partial charge in [0.25, 0.3) is 0 Å². The number of pyridine rings is 1. The molecule has 0 saturated carbocycles. The summed E-state index contributed by atoms with van der Waals surface area (Å²) in [5.74, 6) is -0.949. The summed E-state index contributed by atoms with van der Waals surface area (Å²) in [5.41, 5.74) is 3.75. The zero-order chi connectivity index (χ0) is 15.0. The zero-order valence-corrected chi connectivity index (χ0v) is 12.1. The maximum absolute atomic E-state index is 11.4. The molecule has 0 aliphatic carbocycles. The molecule has 1 N–H and O–H groups in total. The van der Waals surface area contributed by atoms with E-state index in [-0.39, 0.29) is 5.56 Å². The molecule has 0 fully saturated rings. The average Bonchev–Trinajstić information content (AvgIpc) is 2.47. The number of rotatable bonds is 2. The smallest absolute Gasteiger partial charge is 0.336 e. The van der Waals surface area contributed by atoms with E-state index in [0.29, 0.717) is 15.9 Å². The minimum Gasteiger partial charge on any atom is -0.478 e. The molecule has 0 saturated heterocycles. The van der Waals surface area contributed by atoms with E-state index in [4.69, 9.17) is 11.6 Å². The van der Waals surface area contributed by atoms with Gasteiger partial charge < -0.3 is 5.11 Å². The Morgan fingerprint density at radius 3 is 2.48 bits per heavy atom. The lowest BCUT2D eigenvalue weighted by Crippen LogP contribution is -1.99. The lowest BCUT2D eigenvalue weighted by Gasteiger charge is -2.08. The Bertz CT molecular complexity index is 841. The van der Waals surface area contributed by atoms with Crippen LogP contribution in [-0.4, -0.2) is 16.1 Å². The highest BCUT2D eigenvalue weighted by molar-refractivity contribution is 6.30. The molecular formula is C17H12ClNO2. The molecule has 3 aromatic rings. The molecule has 0 aliphatic heterocycles. The molecule has 21 heavy (non-hydrogen) atoms. The predicted molar refractivity (Wildman–Crippen MR) is 83.9 cm³/mol. The van der Waals surface area contributed by atoms with Gasteiger partial charge in [0.1, 0.15) is 0 Å². The molecule has 1 heterocycles. The molecule has 1 aromatic heterocycles. The maximum Gasteiger partial charge on any atom is 0.336 e. The Kier molecular flexibility index (Phi) is 3.35. The minimum atomic E-state index is -0.949. The fraction of sp³-hybridized carbons (Fsp3) is 0.0588. The Labute approximate surface area is 126 Å². The van der Waals surface area contributed by atoms with Crippen molar-refractivity contribution in [1.82, 2.24) is 4.98 Å². The number of aryl methyl sites for hydroxylation is 1. The van der Waals surface area contributed by atoms with E-state index < -0.39 is 5.97 Å². The number of halogens is 1. The van der Waals surface area contributed by atoms with Crippen molar-refractivity contribution in [1.29, 1.82) is 0 Å². The molecule has 0 unspecified atom stereocenters. The summed E-state index contributed by atoms with van der Waals surface area (Å²) in [6, 6.07) is 12.6. The van der Waals surface area contributed by atoms with E-state index >= 15 is 0 Å². The van der Waals surface area contributed by atoms with Gasteiger partial charge in [-0.15, -0.1) is 0 Å². The Morgan fingerprint density at radius 2 is 1.81 bits per heavy atom. The third-order valence-electron chi connectivity index (χ3n) is 3.46. The van der Waals surface area contributed by atoms with Crippen LogP contribution in [0.1, 0.15) is 15.9 Å². The van der Waals surface area contributed by atoms with Crippen LogP contribution < -0.4 is 0 Å².